The molecule has 0 radical (unpaired) electrons. The Bertz CT molecular complexity index is 352. The number of carbonyl (C=O) groups is 1. The van der Waals surface area contributed by atoms with Gasteiger partial charge in [0.25, 0.3) is 0 Å². The number of nitrogens with zero attached hydrogens (tertiary/aromatic N) is 3. The van der Waals surface area contributed by atoms with Gasteiger partial charge in [0.15, 0.2) is 5.16 Å². The van der Waals surface area contributed by atoms with Crippen molar-refractivity contribution in [3.63, 3.8) is 0 Å². The first-order chi connectivity index (χ1) is 7.65. The van der Waals surface area contributed by atoms with Gasteiger partial charge in [-0.1, -0.05) is 25.1 Å². The highest BCUT2D eigenvalue weighted by atomic mass is 32.2. The molecule has 1 heterocycles. The number of hydrogen-bond acceptors (Lipinski definition) is 5. The summed E-state index contributed by atoms with van der Waals surface area (Å²) in [5.74, 6) is 0.712. The zero-order valence-corrected chi connectivity index (χ0v) is 10.4. The van der Waals surface area contributed by atoms with Crippen LogP contribution in [0.3, 0.4) is 0 Å². The zero-order valence-electron chi connectivity index (χ0n) is 9.56. The van der Waals surface area contributed by atoms with Crippen molar-refractivity contribution in [1.29, 1.82) is 0 Å². The Morgan fingerprint density at radius 3 is 2.88 bits per heavy atom. The quantitative estimate of drug-likeness (QED) is 0.558. The SMILES string of the molecule is CCCCNC(=O)CSc1nnc(N)n1C. The van der Waals surface area contributed by atoms with Crippen molar-refractivity contribution in [2.45, 2.75) is 24.9 Å². The van der Waals surface area contributed by atoms with Crippen LogP contribution in [0.1, 0.15) is 19.8 Å². The van der Waals surface area contributed by atoms with Crippen molar-refractivity contribution in [2.24, 2.45) is 7.05 Å². The molecule has 3 N–H and O–H groups in total. The van der Waals surface area contributed by atoms with Gasteiger partial charge in [0.2, 0.25) is 11.9 Å². The molecule has 0 atom stereocenters. The molecule has 0 unspecified atom stereocenters. The van der Waals surface area contributed by atoms with Gasteiger partial charge in [-0.3, -0.25) is 9.36 Å². The molecule has 0 fully saturated rings. The van der Waals surface area contributed by atoms with E-state index in [1.54, 1.807) is 11.6 Å². The second-order valence-electron chi connectivity index (χ2n) is 3.39. The maximum atomic E-state index is 11.4. The third-order valence-electron chi connectivity index (χ3n) is 2.05. The lowest BCUT2D eigenvalue weighted by atomic mass is 10.3. The second kappa shape index (κ2) is 6.37. The van der Waals surface area contributed by atoms with Crippen molar-refractivity contribution in [3.8, 4) is 0 Å². The van der Waals surface area contributed by atoms with E-state index >= 15 is 0 Å². The molecule has 0 saturated carbocycles. The maximum Gasteiger partial charge on any atom is 0.230 e. The molecule has 0 aromatic carbocycles. The number of nitrogens with two attached hydrogens (primary N) is 1. The van der Waals surface area contributed by atoms with Crippen molar-refractivity contribution in [2.75, 3.05) is 18.0 Å². The van der Waals surface area contributed by atoms with Gasteiger partial charge in [0.05, 0.1) is 5.75 Å². The third kappa shape index (κ3) is 3.73. The van der Waals surface area contributed by atoms with E-state index in [4.69, 9.17) is 5.73 Å². The summed E-state index contributed by atoms with van der Waals surface area (Å²) < 4.78 is 1.66. The summed E-state index contributed by atoms with van der Waals surface area (Å²) in [5.41, 5.74) is 5.52. The van der Waals surface area contributed by atoms with Gasteiger partial charge in [0, 0.05) is 13.6 Å². The molecule has 1 amide bonds. The van der Waals surface area contributed by atoms with Crippen LogP contribution in [-0.4, -0.2) is 33.0 Å². The van der Waals surface area contributed by atoms with E-state index in [1.165, 1.54) is 11.8 Å². The van der Waals surface area contributed by atoms with Crippen molar-refractivity contribution >= 4 is 23.6 Å². The first-order valence-electron chi connectivity index (χ1n) is 5.19. The van der Waals surface area contributed by atoms with E-state index in [-0.39, 0.29) is 5.91 Å². The molecule has 0 aliphatic rings. The average Bonchev–Trinajstić information content (AvgIpc) is 2.58. The van der Waals surface area contributed by atoms with E-state index in [0.29, 0.717) is 16.9 Å². The van der Waals surface area contributed by atoms with Crippen LogP contribution in [0.25, 0.3) is 0 Å². The molecule has 0 aliphatic heterocycles. The summed E-state index contributed by atoms with van der Waals surface area (Å²) >= 11 is 1.33. The number of rotatable bonds is 6. The van der Waals surface area contributed by atoms with Crippen LogP contribution in [0.4, 0.5) is 5.95 Å². The Labute approximate surface area is 99.0 Å². The molecular weight excluding hydrogens is 226 g/mol. The molecule has 1 aromatic heterocycles. The maximum absolute atomic E-state index is 11.4. The summed E-state index contributed by atoms with van der Waals surface area (Å²) in [6.07, 6.45) is 2.08. The Morgan fingerprint density at radius 1 is 1.56 bits per heavy atom. The second-order valence-corrected chi connectivity index (χ2v) is 4.33. The standard InChI is InChI=1S/C9H17N5OS/c1-3-4-5-11-7(15)6-16-9-13-12-8(10)14(9)2/h3-6H2,1-2H3,(H2,10,12)(H,11,15). The van der Waals surface area contributed by atoms with Gasteiger partial charge in [-0.25, -0.2) is 0 Å². The van der Waals surface area contributed by atoms with Crippen LogP contribution >= 0.6 is 11.8 Å². The summed E-state index contributed by atoms with van der Waals surface area (Å²) in [4.78, 5) is 11.4. The Kier molecular flexibility index (Phi) is 5.10. The minimum Gasteiger partial charge on any atom is -0.368 e. The van der Waals surface area contributed by atoms with Gasteiger partial charge < -0.3 is 11.1 Å². The monoisotopic (exact) mass is 243 g/mol. The molecule has 6 nitrogen and oxygen atoms in total. The number of thioether (sulfide) groups is 1. The van der Waals surface area contributed by atoms with E-state index in [2.05, 4.69) is 22.4 Å². The molecule has 0 aliphatic carbocycles. The highest BCUT2D eigenvalue weighted by molar-refractivity contribution is 7.99. The van der Waals surface area contributed by atoms with Gasteiger partial charge in [0.1, 0.15) is 0 Å². The molecule has 0 spiro atoms. The Balaban J connectivity index is 2.29. The average molecular weight is 243 g/mol. The first kappa shape index (κ1) is 12.8. The number of amides is 1. The largest absolute Gasteiger partial charge is 0.368 e. The van der Waals surface area contributed by atoms with Crippen LogP contribution < -0.4 is 11.1 Å². The molecule has 16 heavy (non-hydrogen) atoms. The highest BCUT2D eigenvalue weighted by Gasteiger charge is 2.08. The van der Waals surface area contributed by atoms with E-state index < -0.39 is 0 Å². The fraction of sp³-hybridized carbons (Fsp3) is 0.667. The topological polar surface area (TPSA) is 85.8 Å². The van der Waals surface area contributed by atoms with E-state index in [9.17, 15) is 4.79 Å². The van der Waals surface area contributed by atoms with Crippen molar-refractivity contribution < 1.29 is 4.79 Å². The fourth-order valence-electron chi connectivity index (χ4n) is 1.04. The molecule has 0 saturated heterocycles. The third-order valence-corrected chi connectivity index (χ3v) is 3.07. The van der Waals surface area contributed by atoms with Crippen LogP contribution in [-0.2, 0) is 11.8 Å². The summed E-state index contributed by atoms with van der Waals surface area (Å²) in [7, 11) is 1.77. The smallest absolute Gasteiger partial charge is 0.230 e. The predicted molar refractivity (Wildman–Crippen MR) is 64.1 cm³/mol. The zero-order chi connectivity index (χ0) is 12.0. The summed E-state index contributed by atoms with van der Waals surface area (Å²) in [6, 6.07) is 0. The number of hydrogen-bond donors (Lipinski definition) is 2. The minimum atomic E-state index is 0.0139. The van der Waals surface area contributed by atoms with Gasteiger partial charge in [-0.15, -0.1) is 10.2 Å². The fourth-order valence-corrected chi connectivity index (χ4v) is 1.79. The molecule has 1 aromatic rings. The number of nitrogen functional groups attached to an aromatic ring is 1. The normalized spacial score (nSPS) is 10.4. The van der Waals surface area contributed by atoms with Crippen LogP contribution in [0.5, 0.6) is 0 Å². The Morgan fingerprint density at radius 2 is 2.31 bits per heavy atom. The minimum absolute atomic E-state index is 0.0139. The van der Waals surface area contributed by atoms with E-state index in [0.717, 1.165) is 19.4 Å². The molecule has 1 rings (SSSR count). The Hall–Kier alpha value is -1.24. The lowest BCUT2D eigenvalue weighted by Gasteiger charge is -2.03. The van der Waals surface area contributed by atoms with E-state index in [1.807, 2.05) is 0 Å². The van der Waals surface area contributed by atoms with Crippen LogP contribution in [0, 0.1) is 0 Å². The number of unbranched alkanes of at least 4 members (excludes halogenated alkanes) is 1. The molecule has 0 bridgehead atoms. The number of aromatic nitrogens is 3. The molecule has 90 valence electrons. The highest BCUT2D eigenvalue weighted by Crippen LogP contribution is 2.15. The lowest BCUT2D eigenvalue weighted by molar-refractivity contribution is -0.118. The summed E-state index contributed by atoms with van der Waals surface area (Å²) in [5, 5.41) is 11.0. The van der Waals surface area contributed by atoms with Gasteiger partial charge in [-0.05, 0) is 6.42 Å². The lowest BCUT2D eigenvalue weighted by Crippen LogP contribution is -2.26. The molecule has 7 heteroatoms. The predicted octanol–water partition coefficient (Wildman–Crippen LogP) is 0.406. The molecular formula is C9H17N5OS. The van der Waals surface area contributed by atoms with Crippen LogP contribution in [0.2, 0.25) is 0 Å². The van der Waals surface area contributed by atoms with Crippen molar-refractivity contribution in [1.82, 2.24) is 20.1 Å². The summed E-state index contributed by atoms with van der Waals surface area (Å²) in [6.45, 7) is 2.82. The van der Waals surface area contributed by atoms with Crippen LogP contribution in [0.15, 0.2) is 5.16 Å². The van der Waals surface area contributed by atoms with Crippen molar-refractivity contribution in [3.05, 3.63) is 0 Å². The van der Waals surface area contributed by atoms with Gasteiger partial charge in [-0.2, -0.15) is 0 Å². The number of carbonyl (C=O) groups excluding carboxylic acids is 1. The number of anilines is 1. The van der Waals surface area contributed by atoms with Gasteiger partial charge >= 0.3 is 0 Å². The number of nitrogens with one attached hydrogen (secondary N) is 1. The first-order valence-corrected chi connectivity index (χ1v) is 6.18.